The Bertz CT molecular complexity index is 516. The van der Waals surface area contributed by atoms with Gasteiger partial charge in [0.1, 0.15) is 0 Å². The first kappa shape index (κ1) is 14.9. The normalized spacial score (nSPS) is 30.1. The van der Waals surface area contributed by atoms with E-state index in [2.05, 4.69) is 5.32 Å². The summed E-state index contributed by atoms with van der Waals surface area (Å²) in [6.07, 6.45) is 4.02. The van der Waals surface area contributed by atoms with Crippen molar-refractivity contribution in [3.8, 4) is 0 Å². The predicted octanol–water partition coefficient (Wildman–Crippen LogP) is 3.31. The number of halogens is 1. The first-order valence-electron chi connectivity index (χ1n) is 7.78. The first-order valence-corrected chi connectivity index (χ1v) is 8.16. The molecule has 2 N–H and O–H groups in total. The predicted molar refractivity (Wildman–Crippen MR) is 83.0 cm³/mol. The topological polar surface area (TPSA) is 49.3 Å². The Hall–Kier alpha value is -1.06. The minimum absolute atomic E-state index is 0.114. The van der Waals surface area contributed by atoms with Gasteiger partial charge >= 0.3 is 0 Å². The summed E-state index contributed by atoms with van der Waals surface area (Å²) in [5.74, 6) is 1.59. The van der Waals surface area contributed by atoms with E-state index in [0.717, 1.165) is 17.9 Å². The Morgan fingerprint density at radius 2 is 2.00 bits per heavy atom. The molecule has 2 fully saturated rings. The largest absolute Gasteiger partial charge is 0.386 e. The van der Waals surface area contributed by atoms with Gasteiger partial charge in [-0.2, -0.15) is 0 Å². The molecule has 2 saturated carbocycles. The van der Waals surface area contributed by atoms with Crippen LogP contribution in [0.3, 0.4) is 0 Å². The lowest BCUT2D eigenvalue weighted by Crippen LogP contribution is -2.42. The van der Waals surface area contributed by atoms with Crippen LogP contribution in [0.5, 0.6) is 0 Å². The van der Waals surface area contributed by atoms with Crippen LogP contribution in [0.1, 0.15) is 44.3 Å². The highest BCUT2D eigenvalue weighted by molar-refractivity contribution is 6.30. The second-order valence-electron chi connectivity index (χ2n) is 6.58. The second-order valence-corrected chi connectivity index (χ2v) is 7.01. The molecule has 0 heterocycles. The quantitative estimate of drug-likeness (QED) is 0.896. The molecule has 2 aliphatic rings. The third kappa shape index (κ3) is 3.09. The highest BCUT2D eigenvalue weighted by Crippen LogP contribution is 2.48. The fraction of sp³-hybridized carbons (Fsp3) is 0.588. The molecule has 1 aromatic rings. The molecule has 4 heteroatoms. The van der Waals surface area contributed by atoms with Crippen LogP contribution in [0.2, 0.25) is 5.02 Å². The minimum Gasteiger partial charge on any atom is -0.386 e. The first-order chi connectivity index (χ1) is 10.0. The average Bonchev–Trinajstić information content (AvgIpc) is 3.10. The van der Waals surface area contributed by atoms with Crippen molar-refractivity contribution < 1.29 is 9.90 Å². The zero-order valence-corrected chi connectivity index (χ0v) is 13.0. The molecule has 1 amide bonds. The maximum absolute atomic E-state index is 12.4. The van der Waals surface area contributed by atoms with Crippen LogP contribution >= 0.6 is 11.6 Å². The van der Waals surface area contributed by atoms with Gasteiger partial charge in [-0.1, -0.05) is 30.2 Å². The number of carbonyl (C=O) groups is 1. The van der Waals surface area contributed by atoms with E-state index >= 15 is 0 Å². The van der Waals surface area contributed by atoms with Gasteiger partial charge in [0.25, 0.3) is 0 Å². The molecule has 5 atom stereocenters. The standard InChI is InChI=1S/C17H22ClNO2/c1-10(16(20)12-4-6-14(18)7-5-12)19-17(21)15-9-11-2-3-13(15)8-11/h4-7,10-11,13,15-16,20H,2-3,8-9H2,1H3,(H,19,21). The molecule has 0 saturated heterocycles. The summed E-state index contributed by atoms with van der Waals surface area (Å²) >= 11 is 5.85. The number of rotatable bonds is 4. The zero-order chi connectivity index (χ0) is 15.0. The SMILES string of the molecule is CC(NC(=O)C1CC2CCC1C2)C(O)c1ccc(Cl)cc1. The van der Waals surface area contributed by atoms with Crippen molar-refractivity contribution in [2.75, 3.05) is 0 Å². The Labute approximate surface area is 130 Å². The van der Waals surface area contributed by atoms with E-state index < -0.39 is 6.10 Å². The highest BCUT2D eigenvalue weighted by Gasteiger charge is 2.43. The summed E-state index contributed by atoms with van der Waals surface area (Å²) < 4.78 is 0. The number of aliphatic hydroxyl groups excluding tert-OH is 1. The summed E-state index contributed by atoms with van der Waals surface area (Å²) in [6, 6.07) is 6.81. The van der Waals surface area contributed by atoms with Crippen LogP contribution in [0.4, 0.5) is 0 Å². The molecule has 5 unspecified atom stereocenters. The van der Waals surface area contributed by atoms with E-state index in [-0.39, 0.29) is 17.9 Å². The Morgan fingerprint density at radius 1 is 1.29 bits per heavy atom. The van der Waals surface area contributed by atoms with Crippen LogP contribution in [0, 0.1) is 17.8 Å². The van der Waals surface area contributed by atoms with Crippen molar-refractivity contribution >= 4 is 17.5 Å². The fourth-order valence-corrected chi connectivity index (χ4v) is 4.05. The van der Waals surface area contributed by atoms with Gasteiger partial charge in [0, 0.05) is 10.9 Å². The van der Waals surface area contributed by atoms with E-state index in [9.17, 15) is 9.90 Å². The molecule has 1 aromatic carbocycles. The van der Waals surface area contributed by atoms with Crippen molar-refractivity contribution in [2.24, 2.45) is 17.8 Å². The van der Waals surface area contributed by atoms with E-state index in [1.165, 1.54) is 19.3 Å². The van der Waals surface area contributed by atoms with E-state index in [0.29, 0.717) is 10.9 Å². The Balaban J connectivity index is 1.59. The van der Waals surface area contributed by atoms with Crippen LogP contribution in [-0.2, 0) is 4.79 Å². The molecule has 0 radical (unpaired) electrons. The van der Waals surface area contributed by atoms with Crippen LogP contribution in [0.15, 0.2) is 24.3 Å². The summed E-state index contributed by atoms with van der Waals surface area (Å²) in [5, 5.41) is 14.0. The lowest BCUT2D eigenvalue weighted by atomic mass is 9.88. The fourth-order valence-electron chi connectivity index (χ4n) is 3.92. The van der Waals surface area contributed by atoms with Gasteiger partial charge in [0.2, 0.25) is 5.91 Å². The summed E-state index contributed by atoms with van der Waals surface area (Å²) in [4.78, 5) is 12.4. The number of hydrogen-bond donors (Lipinski definition) is 2. The minimum atomic E-state index is -0.704. The molecular formula is C17H22ClNO2. The maximum atomic E-state index is 12.4. The van der Waals surface area contributed by atoms with Crippen molar-refractivity contribution in [2.45, 2.75) is 44.8 Å². The monoisotopic (exact) mass is 307 g/mol. The molecule has 114 valence electrons. The molecule has 0 aromatic heterocycles. The van der Waals surface area contributed by atoms with E-state index in [1.54, 1.807) is 24.3 Å². The van der Waals surface area contributed by atoms with Gasteiger partial charge in [-0.15, -0.1) is 0 Å². The van der Waals surface area contributed by atoms with Crippen LogP contribution < -0.4 is 5.32 Å². The van der Waals surface area contributed by atoms with Gasteiger partial charge in [-0.3, -0.25) is 4.79 Å². The molecule has 3 rings (SSSR count). The summed E-state index contributed by atoms with van der Waals surface area (Å²) in [5.41, 5.74) is 0.778. The number of hydrogen-bond acceptors (Lipinski definition) is 2. The third-order valence-corrected chi connectivity index (χ3v) is 5.38. The molecule has 2 aliphatic carbocycles. The number of benzene rings is 1. The Morgan fingerprint density at radius 3 is 2.57 bits per heavy atom. The molecule has 3 nitrogen and oxygen atoms in total. The second kappa shape index (κ2) is 5.98. The number of carbonyl (C=O) groups excluding carboxylic acids is 1. The van der Waals surface area contributed by atoms with Crippen molar-refractivity contribution in [1.29, 1.82) is 0 Å². The van der Waals surface area contributed by atoms with Gasteiger partial charge in [-0.25, -0.2) is 0 Å². The van der Waals surface area contributed by atoms with E-state index in [4.69, 9.17) is 11.6 Å². The molecule has 2 bridgehead atoms. The lowest BCUT2D eigenvalue weighted by molar-refractivity contribution is -0.128. The molecule has 0 spiro atoms. The number of aliphatic hydroxyl groups is 1. The van der Waals surface area contributed by atoms with Gasteiger partial charge in [0.05, 0.1) is 12.1 Å². The summed E-state index contributed by atoms with van der Waals surface area (Å²) in [6.45, 7) is 1.85. The van der Waals surface area contributed by atoms with Crippen LogP contribution in [0.25, 0.3) is 0 Å². The van der Waals surface area contributed by atoms with Gasteiger partial charge in [0.15, 0.2) is 0 Å². The molecular weight excluding hydrogens is 286 g/mol. The van der Waals surface area contributed by atoms with E-state index in [1.807, 2.05) is 6.92 Å². The van der Waals surface area contributed by atoms with Crippen molar-refractivity contribution in [3.05, 3.63) is 34.9 Å². The van der Waals surface area contributed by atoms with Crippen molar-refractivity contribution in [3.63, 3.8) is 0 Å². The van der Waals surface area contributed by atoms with Crippen LogP contribution in [-0.4, -0.2) is 17.1 Å². The smallest absolute Gasteiger partial charge is 0.223 e. The molecule has 21 heavy (non-hydrogen) atoms. The maximum Gasteiger partial charge on any atom is 0.223 e. The number of amides is 1. The van der Waals surface area contributed by atoms with Crippen molar-refractivity contribution in [1.82, 2.24) is 5.32 Å². The van der Waals surface area contributed by atoms with Gasteiger partial charge < -0.3 is 10.4 Å². The van der Waals surface area contributed by atoms with Gasteiger partial charge in [-0.05, 0) is 55.7 Å². The zero-order valence-electron chi connectivity index (χ0n) is 12.3. The highest BCUT2D eigenvalue weighted by atomic mass is 35.5. The number of fused-ring (bicyclic) bond motifs is 2. The lowest BCUT2D eigenvalue weighted by Gasteiger charge is -2.26. The third-order valence-electron chi connectivity index (χ3n) is 5.13. The Kier molecular flexibility index (Phi) is 4.23. The summed E-state index contributed by atoms with van der Waals surface area (Å²) in [7, 11) is 0. The number of nitrogens with one attached hydrogen (secondary N) is 1. The average molecular weight is 308 g/mol. The molecule has 0 aliphatic heterocycles.